The van der Waals surface area contributed by atoms with Gasteiger partial charge in [-0.1, -0.05) is 45.7 Å². The second-order valence-corrected chi connectivity index (χ2v) is 11.1. The zero-order valence-electron chi connectivity index (χ0n) is 13.3. The molecule has 3 atom stereocenters. The maximum Gasteiger partial charge on any atom is 0.461 e. The Hall–Kier alpha value is 0.250. The molecule has 1 rings (SSSR count). The monoisotopic (exact) mass is 556 g/mol. The van der Waals surface area contributed by atoms with E-state index in [1.807, 2.05) is 0 Å². The lowest BCUT2D eigenvalue weighted by atomic mass is 9.87. The van der Waals surface area contributed by atoms with Crippen molar-refractivity contribution in [2.24, 2.45) is 5.92 Å². The molecule has 0 fully saturated rings. The Morgan fingerprint density at radius 3 is 2.04 bits per heavy atom. The van der Waals surface area contributed by atoms with Gasteiger partial charge in [-0.15, -0.1) is 0 Å². The van der Waals surface area contributed by atoms with E-state index in [9.17, 15) is 39.2 Å². The highest BCUT2D eigenvalue weighted by Crippen LogP contribution is 2.53. The number of hydrogen-bond acceptors (Lipinski definition) is 3. The van der Waals surface area contributed by atoms with Gasteiger partial charge in [0.25, 0.3) is 0 Å². The molecule has 1 aliphatic rings. The second kappa shape index (κ2) is 7.25. The van der Waals surface area contributed by atoms with Crippen LogP contribution in [-0.2, 0) is 9.84 Å². The highest BCUT2D eigenvalue weighted by atomic mass is 79.9. The fourth-order valence-electron chi connectivity index (χ4n) is 2.14. The van der Waals surface area contributed by atoms with Crippen LogP contribution in [0, 0.1) is 5.92 Å². The van der Waals surface area contributed by atoms with Crippen molar-refractivity contribution in [1.82, 2.24) is 0 Å². The van der Waals surface area contributed by atoms with E-state index in [1.54, 1.807) is 20.1 Å². The number of alkyl halides is 8. The van der Waals surface area contributed by atoms with Gasteiger partial charge in [0.05, 0.1) is 9.23 Å². The highest BCUT2D eigenvalue weighted by molar-refractivity contribution is 9.12. The van der Waals surface area contributed by atoms with Crippen molar-refractivity contribution in [2.75, 3.05) is 6.26 Å². The minimum atomic E-state index is -6.76. The molecule has 0 radical (unpaired) electrons. The second-order valence-electron chi connectivity index (χ2n) is 5.60. The van der Waals surface area contributed by atoms with E-state index >= 15 is 0 Å². The zero-order chi connectivity index (χ0) is 20.9. The molecule has 1 aliphatic carbocycles. The molecule has 0 saturated carbocycles. The summed E-state index contributed by atoms with van der Waals surface area (Å²) in [6.07, 6.45) is -3.74. The smallest absolute Gasteiger partial charge is 0.217 e. The SMILES string of the molecule is CSC(C)C1(Br)C=C(S(=O)(=O)C(F)(F)C(F)(F)C(F)(F)F)C=C(Br)C1C. The topological polar surface area (TPSA) is 34.1 Å². The predicted molar refractivity (Wildman–Crippen MR) is 93.8 cm³/mol. The van der Waals surface area contributed by atoms with Crippen molar-refractivity contribution < 1.29 is 39.2 Å². The van der Waals surface area contributed by atoms with Gasteiger partial charge in [-0.3, -0.25) is 0 Å². The Morgan fingerprint density at radius 1 is 1.19 bits per heavy atom. The molecule has 13 heteroatoms. The number of sulfone groups is 1. The van der Waals surface area contributed by atoms with Gasteiger partial charge in [-0.2, -0.15) is 42.5 Å². The standard InChI is InChI=1S/C13H13Br2F7O2S2/c1-6-9(14)4-8(5-10(6,15)7(2)25-3)26(23,24)13(21,22)11(16,17)12(18,19)20/h4-7H,1-3H3. The summed E-state index contributed by atoms with van der Waals surface area (Å²) in [5, 5.41) is -6.81. The molecule has 0 aromatic rings. The Labute approximate surface area is 166 Å². The summed E-state index contributed by atoms with van der Waals surface area (Å²) in [7, 11) is -6.36. The molecule has 0 N–H and O–H groups in total. The van der Waals surface area contributed by atoms with Gasteiger partial charge in [0.1, 0.15) is 0 Å². The van der Waals surface area contributed by atoms with Crippen LogP contribution in [0.25, 0.3) is 0 Å². The van der Waals surface area contributed by atoms with E-state index in [1.165, 1.54) is 11.8 Å². The molecule has 26 heavy (non-hydrogen) atoms. The Bertz CT molecular complexity index is 731. The molecule has 2 nitrogen and oxygen atoms in total. The molecule has 152 valence electrons. The first kappa shape index (κ1) is 24.3. The predicted octanol–water partition coefficient (Wildman–Crippen LogP) is 5.89. The number of halogens is 9. The van der Waals surface area contributed by atoms with Gasteiger partial charge >= 0.3 is 17.4 Å². The van der Waals surface area contributed by atoms with Crippen LogP contribution in [0.15, 0.2) is 21.5 Å². The Kier molecular flexibility index (Phi) is 6.77. The average Bonchev–Trinajstić information content (AvgIpc) is 2.49. The molecule has 0 bridgehead atoms. The van der Waals surface area contributed by atoms with E-state index in [4.69, 9.17) is 0 Å². The lowest BCUT2D eigenvalue weighted by Crippen LogP contribution is -2.56. The Balaban J connectivity index is 3.64. The highest BCUT2D eigenvalue weighted by Gasteiger charge is 2.79. The van der Waals surface area contributed by atoms with Crippen LogP contribution < -0.4 is 0 Å². The molecule has 3 unspecified atom stereocenters. The first-order valence-corrected chi connectivity index (χ1v) is 11.1. The fraction of sp³-hybridized carbons (Fsp3) is 0.692. The third-order valence-electron chi connectivity index (χ3n) is 4.07. The van der Waals surface area contributed by atoms with Crippen LogP contribution in [0.2, 0.25) is 0 Å². The minimum Gasteiger partial charge on any atom is -0.217 e. The van der Waals surface area contributed by atoms with Crippen LogP contribution in [0.1, 0.15) is 13.8 Å². The lowest BCUT2D eigenvalue weighted by molar-refractivity contribution is -0.331. The summed E-state index contributed by atoms with van der Waals surface area (Å²) in [6.45, 7) is 3.22. The van der Waals surface area contributed by atoms with Crippen molar-refractivity contribution in [3.8, 4) is 0 Å². The van der Waals surface area contributed by atoms with E-state index in [2.05, 4.69) is 31.9 Å². The molecule has 0 aromatic heterocycles. The van der Waals surface area contributed by atoms with Crippen molar-refractivity contribution in [2.45, 2.75) is 40.8 Å². The maximum atomic E-state index is 13.9. The quantitative estimate of drug-likeness (QED) is 0.312. The number of allylic oxidation sites excluding steroid dienone is 3. The maximum absolute atomic E-state index is 13.9. The van der Waals surface area contributed by atoms with Gasteiger partial charge < -0.3 is 0 Å². The first-order valence-electron chi connectivity index (χ1n) is 6.76. The van der Waals surface area contributed by atoms with Crippen molar-refractivity contribution in [3.05, 3.63) is 21.5 Å². The normalized spacial score (nSPS) is 27.0. The van der Waals surface area contributed by atoms with Crippen molar-refractivity contribution >= 4 is 53.5 Å². The van der Waals surface area contributed by atoms with Gasteiger partial charge in [0.15, 0.2) is 0 Å². The molecular formula is C13H13Br2F7O2S2. The van der Waals surface area contributed by atoms with Crippen LogP contribution in [0.5, 0.6) is 0 Å². The summed E-state index contributed by atoms with van der Waals surface area (Å²) < 4.78 is 114. The largest absolute Gasteiger partial charge is 0.461 e. The number of thioether (sulfide) groups is 1. The summed E-state index contributed by atoms with van der Waals surface area (Å²) in [5.41, 5.74) is 0. The summed E-state index contributed by atoms with van der Waals surface area (Å²) in [6, 6.07) is 0. The summed E-state index contributed by atoms with van der Waals surface area (Å²) >= 11 is 7.42. The summed E-state index contributed by atoms with van der Waals surface area (Å²) in [5.74, 6) is -7.26. The number of hydrogen-bond donors (Lipinski definition) is 0. The van der Waals surface area contributed by atoms with Gasteiger partial charge in [0.2, 0.25) is 9.84 Å². The van der Waals surface area contributed by atoms with E-state index < -0.39 is 47.6 Å². The molecule has 0 spiro atoms. The van der Waals surface area contributed by atoms with Crippen LogP contribution in [0.4, 0.5) is 30.7 Å². The van der Waals surface area contributed by atoms with Gasteiger partial charge in [-0.25, -0.2) is 8.42 Å². The van der Waals surface area contributed by atoms with Crippen LogP contribution >= 0.6 is 43.6 Å². The first-order chi connectivity index (χ1) is 11.4. The summed E-state index contributed by atoms with van der Waals surface area (Å²) in [4.78, 5) is -1.32. The van der Waals surface area contributed by atoms with Gasteiger partial charge in [0, 0.05) is 15.7 Å². The molecule has 0 amide bonds. The van der Waals surface area contributed by atoms with E-state index in [0.717, 1.165) is 6.08 Å². The van der Waals surface area contributed by atoms with Crippen LogP contribution in [0.3, 0.4) is 0 Å². The minimum absolute atomic E-state index is 0.0578. The zero-order valence-corrected chi connectivity index (χ0v) is 18.1. The molecular weight excluding hydrogens is 545 g/mol. The molecule has 0 heterocycles. The van der Waals surface area contributed by atoms with Crippen LogP contribution in [-0.4, -0.2) is 41.6 Å². The lowest BCUT2D eigenvalue weighted by Gasteiger charge is -2.39. The van der Waals surface area contributed by atoms with Gasteiger partial charge in [-0.05, 0) is 18.4 Å². The molecule has 0 saturated heterocycles. The third-order valence-corrected chi connectivity index (χ3v) is 9.77. The average molecular weight is 558 g/mol. The van der Waals surface area contributed by atoms with Crippen molar-refractivity contribution in [1.29, 1.82) is 0 Å². The van der Waals surface area contributed by atoms with E-state index in [0.29, 0.717) is 6.08 Å². The molecule has 0 aromatic carbocycles. The molecule has 0 aliphatic heterocycles. The fourth-order valence-corrected chi connectivity index (χ4v) is 6.45. The Morgan fingerprint density at radius 2 is 1.65 bits per heavy atom. The van der Waals surface area contributed by atoms with Crippen molar-refractivity contribution in [3.63, 3.8) is 0 Å². The number of rotatable bonds is 5. The third kappa shape index (κ3) is 3.61. The van der Waals surface area contributed by atoms with E-state index in [-0.39, 0.29) is 4.48 Å².